The highest BCUT2D eigenvalue weighted by atomic mass is 127. The molecule has 0 spiro atoms. The molecule has 0 aromatic carbocycles. The minimum Gasteiger partial charge on any atom is -0.248 e. The molecule has 9 heavy (non-hydrogen) atoms. The van der Waals surface area contributed by atoms with Gasteiger partial charge in [0.1, 0.15) is 6.67 Å². The third kappa shape index (κ3) is 2.72. The van der Waals surface area contributed by atoms with Gasteiger partial charge < -0.3 is 0 Å². The lowest BCUT2D eigenvalue weighted by Gasteiger charge is -2.19. The van der Waals surface area contributed by atoms with Crippen LogP contribution in [-0.4, -0.2) is 14.3 Å². The van der Waals surface area contributed by atoms with Crippen molar-refractivity contribution in [3.05, 3.63) is 0 Å². The van der Waals surface area contributed by atoms with E-state index in [1.54, 1.807) is 0 Å². The Bertz CT molecular complexity index is 96.5. The van der Waals surface area contributed by atoms with E-state index in [0.717, 1.165) is 45.2 Å². The van der Waals surface area contributed by atoms with Crippen LogP contribution in [0.15, 0.2) is 0 Å². The van der Waals surface area contributed by atoms with Crippen molar-refractivity contribution in [1.29, 1.82) is 0 Å². The second-order valence-electron chi connectivity index (χ2n) is 1.34. The first-order valence-electron chi connectivity index (χ1n) is 1.82. The number of alkyl halides is 6. The van der Waals surface area contributed by atoms with Crippen LogP contribution >= 0.6 is 45.2 Å². The average molecular weight is 368 g/mol. The van der Waals surface area contributed by atoms with Crippen molar-refractivity contribution in [2.45, 2.75) is 7.60 Å². The van der Waals surface area contributed by atoms with Crippen LogP contribution in [0.3, 0.4) is 0 Å². The molecule has 0 aliphatic heterocycles. The maximum atomic E-state index is 11.6. The first-order valence-corrected chi connectivity index (χ1v) is 3.97. The molecule has 0 fully saturated rings. The molecule has 0 aliphatic rings. The summed E-state index contributed by atoms with van der Waals surface area (Å²) < 4.78 is 44.0. The summed E-state index contributed by atoms with van der Waals surface area (Å²) >= 11 is 2.07. The van der Waals surface area contributed by atoms with Gasteiger partial charge in [-0.3, -0.25) is 0 Å². The first-order chi connectivity index (χ1) is 3.81. The summed E-state index contributed by atoms with van der Waals surface area (Å²) in [5, 5.41) is 0. The predicted molar refractivity (Wildman–Crippen MR) is 42.8 cm³/mol. The van der Waals surface area contributed by atoms with Gasteiger partial charge in [-0.2, -0.15) is 13.2 Å². The summed E-state index contributed by atoms with van der Waals surface area (Å²) in [5.74, 6) is 0. The summed E-state index contributed by atoms with van der Waals surface area (Å²) in [4.78, 5) is 0. The number of hydrogen-bond acceptors (Lipinski definition) is 0. The zero-order valence-electron chi connectivity index (χ0n) is 3.97. The Morgan fingerprint density at radius 3 is 1.44 bits per heavy atom. The molecule has 0 bridgehead atoms. The molecule has 6 heteroatoms. The van der Waals surface area contributed by atoms with Crippen LogP contribution in [0.1, 0.15) is 0 Å². The number of hydrogen-bond donors (Lipinski definition) is 0. The fraction of sp³-hybridized carbons (Fsp3) is 1.00. The lowest BCUT2D eigenvalue weighted by molar-refractivity contribution is -0.131. The van der Waals surface area contributed by atoms with E-state index in [1.807, 2.05) is 0 Å². The Labute approximate surface area is 76.7 Å². The van der Waals surface area contributed by atoms with Gasteiger partial charge in [-0.25, -0.2) is 4.39 Å². The Hall–Kier alpha value is 1.18. The van der Waals surface area contributed by atoms with Gasteiger partial charge in [-0.15, -0.1) is 0 Å². The maximum Gasteiger partial charge on any atom is 0.414 e. The summed E-state index contributed by atoms with van der Waals surface area (Å²) in [6.45, 7) is -1.39. The minimum absolute atomic E-state index is 1.03. The smallest absolute Gasteiger partial charge is 0.248 e. The summed E-state index contributed by atoms with van der Waals surface area (Å²) in [7, 11) is 0. The lowest BCUT2D eigenvalue weighted by atomic mass is 10.5. The number of halogens is 6. The van der Waals surface area contributed by atoms with E-state index in [1.165, 1.54) is 0 Å². The van der Waals surface area contributed by atoms with Crippen molar-refractivity contribution < 1.29 is 17.6 Å². The minimum atomic E-state index is -4.46. The Kier molecular flexibility index (Phi) is 3.46. The van der Waals surface area contributed by atoms with Crippen molar-refractivity contribution in [2.75, 3.05) is 6.67 Å². The van der Waals surface area contributed by atoms with Gasteiger partial charge in [0.05, 0.1) is 0 Å². The maximum absolute atomic E-state index is 11.6. The molecule has 0 aromatic heterocycles. The standard InChI is InChI=1S/C3H2F4I2/c4-1-2(8,9)3(5,6)7/h1H2. The van der Waals surface area contributed by atoms with Gasteiger partial charge in [0.2, 0.25) is 0 Å². The topological polar surface area (TPSA) is 0 Å². The molecule has 0 atom stereocenters. The normalized spacial score (nSPS) is 14.0. The highest BCUT2D eigenvalue weighted by molar-refractivity contribution is 14.2. The molecule has 0 rings (SSSR count). The van der Waals surface area contributed by atoms with Crippen LogP contribution in [0.4, 0.5) is 17.6 Å². The van der Waals surface area contributed by atoms with Gasteiger partial charge in [-0.1, -0.05) is 45.2 Å². The van der Waals surface area contributed by atoms with Crippen molar-refractivity contribution in [3.8, 4) is 0 Å². The third-order valence-corrected chi connectivity index (χ3v) is 2.38. The highest BCUT2D eigenvalue weighted by Gasteiger charge is 2.51. The van der Waals surface area contributed by atoms with Gasteiger partial charge in [0.15, 0.2) is 1.43 Å². The Balaban J connectivity index is 4.14. The molecule has 0 amide bonds. The third-order valence-electron chi connectivity index (χ3n) is 0.583. The molecule has 0 radical (unpaired) electrons. The monoisotopic (exact) mass is 368 g/mol. The molecular formula is C3H2F4I2. The molecule has 0 N–H and O–H groups in total. The van der Waals surface area contributed by atoms with Crippen LogP contribution in [0, 0.1) is 0 Å². The van der Waals surface area contributed by atoms with Gasteiger partial charge >= 0.3 is 6.18 Å². The van der Waals surface area contributed by atoms with Crippen molar-refractivity contribution in [1.82, 2.24) is 0 Å². The van der Waals surface area contributed by atoms with Crippen molar-refractivity contribution >= 4 is 45.2 Å². The van der Waals surface area contributed by atoms with Crippen LogP contribution in [0.25, 0.3) is 0 Å². The molecule has 0 unspecified atom stereocenters. The predicted octanol–water partition coefficient (Wildman–Crippen LogP) is 3.08. The van der Waals surface area contributed by atoms with Crippen LogP contribution < -0.4 is 0 Å². The van der Waals surface area contributed by atoms with Gasteiger partial charge in [0, 0.05) is 0 Å². The van der Waals surface area contributed by atoms with E-state index in [-0.39, 0.29) is 0 Å². The summed E-state index contributed by atoms with van der Waals surface area (Å²) in [6, 6.07) is 0. The molecule has 0 saturated heterocycles. The van der Waals surface area contributed by atoms with Crippen LogP contribution in [0.5, 0.6) is 0 Å². The molecule has 0 aromatic rings. The number of rotatable bonds is 1. The Morgan fingerprint density at radius 2 is 1.44 bits per heavy atom. The molecule has 0 heterocycles. The molecule has 56 valence electrons. The van der Waals surface area contributed by atoms with E-state index in [2.05, 4.69) is 0 Å². The molecule has 0 nitrogen and oxygen atoms in total. The van der Waals surface area contributed by atoms with Crippen LogP contribution in [-0.2, 0) is 0 Å². The zero-order valence-corrected chi connectivity index (χ0v) is 8.29. The van der Waals surface area contributed by atoms with Crippen LogP contribution in [0.2, 0.25) is 0 Å². The van der Waals surface area contributed by atoms with E-state index in [0.29, 0.717) is 0 Å². The van der Waals surface area contributed by atoms with Crippen molar-refractivity contribution in [3.63, 3.8) is 0 Å². The fourth-order valence-electron chi connectivity index (χ4n) is 0.0758. The first kappa shape index (κ1) is 10.2. The molecule has 0 saturated carbocycles. The zero-order chi connectivity index (χ0) is 7.71. The highest BCUT2D eigenvalue weighted by Crippen LogP contribution is 2.44. The van der Waals surface area contributed by atoms with Gasteiger partial charge in [-0.05, 0) is 0 Å². The SMILES string of the molecule is FCC(I)(I)C(F)(F)F. The second-order valence-corrected chi connectivity index (χ2v) is 7.08. The molecular weight excluding hydrogens is 366 g/mol. The van der Waals surface area contributed by atoms with E-state index >= 15 is 0 Å². The largest absolute Gasteiger partial charge is 0.414 e. The van der Waals surface area contributed by atoms with E-state index < -0.39 is 14.3 Å². The van der Waals surface area contributed by atoms with E-state index in [4.69, 9.17) is 0 Å². The second kappa shape index (κ2) is 3.05. The molecule has 0 aliphatic carbocycles. The van der Waals surface area contributed by atoms with E-state index in [9.17, 15) is 17.6 Å². The van der Waals surface area contributed by atoms with Crippen molar-refractivity contribution in [2.24, 2.45) is 0 Å². The van der Waals surface area contributed by atoms with Gasteiger partial charge in [0.25, 0.3) is 0 Å². The quantitative estimate of drug-likeness (QED) is 0.379. The fourth-order valence-corrected chi connectivity index (χ4v) is 0.0758. The average Bonchev–Trinajstić information content (AvgIpc) is 1.64. The summed E-state index contributed by atoms with van der Waals surface area (Å²) in [6.07, 6.45) is -4.46. The summed E-state index contributed by atoms with van der Waals surface area (Å²) in [5.41, 5.74) is 0. The lowest BCUT2D eigenvalue weighted by Crippen LogP contribution is -2.34. The Morgan fingerprint density at radius 1 is 1.11 bits per heavy atom.